The normalized spacial score (nSPS) is 14.6. The number of hydrazone groups is 2. The van der Waals surface area contributed by atoms with Gasteiger partial charge in [0.25, 0.3) is 0 Å². The topological polar surface area (TPSA) is 353 Å². The number of urea groups is 1. The van der Waals surface area contributed by atoms with Crippen molar-refractivity contribution in [2.75, 3.05) is 21.5 Å². The van der Waals surface area contributed by atoms with E-state index >= 15 is 0 Å². The Balaban J connectivity index is 0.00000266. The molecule has 6 aromatic rings. The van der Waals surface area contributed by atoms with Crippen LogP contribution in [0.4, 0.5) is 27.5 Å². The predicted octanol–water partition coefficient (Wildman–Crippen LogP) is -7.44. The maximum Gasteiger partial charge on any atom is 1.00 e. The fraction of sp³-hybridized carbons (Fsp3) is 0. The number of anilines is 4. The number of hydrogen-bond donors (Lipinski definition) is 4. The van der Waals surface area contributed by atoms with Gasteiger partial charge in [0.15, 0.2) is 0 Å². The van der Waals surface area contributed by atoms with E-state index in [0.717, 1.165) is 24.3 Å². The Bertz CT molecular complexity index is 3550. The smallest absolute Gasteiger partial charge is 0.744 e. The first kappa shape index (κ1) is 59.1. The Hall–Kier alpha value is -3.49. The average Bonchev–Trinajstić information content (AvgIpc) is 3.23. The number of nitrogens with zero attached hydrogens (tertiary/aromatic N) is 2. The fourth-order valence-electron chi connectivity index (χ4n) is 7.14. The fourth-order valence-corrected chi connectivity index (χ4v) is 9.82. The SMILES string of the molecule is O=C(Nc1ccc2c(c1)C=C(S(=O)(=O)[O-])C(=NNc1cccc3c(S(=O)(=O)[O-])cccc13)C2=O)Nc1ccc2c(c1)C=C(S(=O)(=O)[O-])/C(=N/Nc1cccc3c(S(=O)(=O)[O-])cccc13)C2=O.[Na+].[Na+].[Na+].[Na+]. The number of carbonyl (C=O) groups is 3. The zero-order chi connectivity index (χ0) is 47.5. The van der Waals surface area contributed by atoms with Crippen LogP contribution in [0.15, 0.2) is 139 Å². The second-order valence-electron chi connectivity index (χ2n) is 14.1. The number of carbonyl (C=O) groups excluding carboxylic acids is 3. The molecule has 29 heteroatoms. The first-order valence-electron chi connectivity index (χ1n) is 18.4. The zero-order valence-corrected chi connectivity index (χ0v) is 48.0. The Morgan fingerprint density at radius 3 is 1.13 bits per heavy atom. The summed E-state index contributed by atoms with van der Waals surface area (Å²) in [4.78, 5) is 37.2. The standard InChI is InChI=1S/C41H28N6O15S4.4Na/c48-39-25-15-13-23(17-21(25)19-35(65(57,58)59)37(39)46-44-31-9-1-7-29-27(31)5-3-11-33(29)63(51,52)53)42-41(50)43-24-14-16-26-22(18-24)20-36(66(60,61)62)38(40(26)49)47-45-32-10-2-8-30-28(32)6-4-12-34(30)64(54,55)56;;;;/h1-20,44-45H,(H2,42,43,50)(H,51,52,53)(H,54,55,56)(H,57,58,59)(H,60,61,62);;;;/q;4*+1/p-4/b46-37-,47-38?;;;;. The first-order chi connectivity index (χ1) is 31.0. The van der Waals surface area contributed by atoms with Gasteiger partial charge in [0, 0.05) is 44.0 Å². The summed E-state index contributed by atoms with van der Waals surface area (Å²) < 4.78 is 145. The van der Waals surface area contributed by atoms with Crippen molar-refractivity contribution in [1.82, 2.24) is 0 Å². The predicted molar refractivity (Wildman–Crippen MR) is 235 cm³/mol. The number of rotatable bonds is 10. The molecule has 0 saturated heterocycles. The number of Topliss-reactive ketones (excluding diaryl/α,β-unsaturated/α-hetero) is 2. The average molecular weight is 1060 g/mol. The Labute approximate surface area is 486 Å². The number of benzene rings is 6. The summed E-state index contributed by atoms with van der Waals surface area (Å²) in [6, 6.07) is 22.2. The molecule has 70 heavy (non-hydrogen) atoms. The van der Waals surface area contributed by atoms with Gasteiger partial charge in [-0.15, -0.1) is 0 Å². The molecule has 21 nitrogen and oxygen atoms in total. The quantitative estimate of drug-likeness (QED) is 0.0562. The molecule has 0 aliphatic heterocycles. The van der Waals surface area contributed by atoms with Gasteiger partial charge in [-0.2, -0.15) is 10.2 Å². The Morgan fingerprint density at radius 2 is 0.786 bits per heavy atom. The Kier molecular flexibility index (Phi) is 19.2. The molecular weight excluding hydrogens is 1040 g/mol. The van der Waals surface area contributed by atoms with Crippen LogP contribution in [0, 0.1) is 0 Å². The summed E-state index contributed by atoms with van der Waals surface area (Å²) in [6.07, 6.45) is 1.71. The van der Waals surface area contributed by atoms with Crippen LogP contribution in [0.5, 0.6) is 0 Å². The molecule has 2 aliphatic rings. The van der Waals surface area contributed by atoms with Gasteiger partial charge < -0.3 is 28.8 Å². The molecule has 0 unspecified atom stereocenters. The molecule has 0 aromatic heterocycles. The molecule has 2 amide bonds. The number of fused-ring (bicyclic) bond motifs is 4. The van der Waals surface area contributed by atoms with Crippen LogP contribution in [0.2, 0.25) is 0 Å². The largest absolute Gasteiger partial charge is 1.00 e. The molecule has 6 aromatic carbocycles. The summed E-state index contributed by atoms with van der Waals surface area (Å²) >= 11 is 0. The van der Waals surface area contributed by atoms with E-state index < -0.39 is 89.1 Å². The summed E-state index contributed by atoms with van der Waals surface area (Å²) in [5, 5.41) is 13.0. The van der Waals surface area contributed by atoms with Gasteiger partial charge in [0.2, 0.25) is 11.6 Å². The van der Waals surface area contributed by atoms with Crippen molar-refractivity contribution in [2.24, 2.45) is 10.2 Å². The summed E-state index contributed by atoms with van der Waals surface area (Å²) in [6.45, 7) is 0. The molecular formula is C41H24N6Na4O15S4. The molecule has 4 N–H and O–H groups in total. The van der Waals surface area contributed by atoms with E-state index in [4.69, 9.17) is 0 Å². The van der Waals surface area contributed by atoms with Gasteiger partial charge in [-0.05, 0) is 83.9 Å². The van der Waals surface area contributed by atoms with Crippen LogP contribution in [0.1, 0.15) is 31.8 Å². The number of allylic oxidation sites excluding steroid dienone is 2. The van der Waals surface area contributed by atoms with Crippen molar-refractivity contribution < 1.29 is 184 Å². The van der Waals surface area contributed by atoms with Crippen molar-refractivity contribution in [1.29, 1.82) is 0 Å². The molecule has 0 spiro atoms. The summed E-state index contributed by atoms with van der Waals surface area (Å²) in [5.41, 5.74) is 2.89. The van der Waals surface area contributed by atoms with Crippen LogP contribution in [0.3, 0.4) is 0 Å². The van der Waals surface area contributed by atoms with E-state index in [1.165, 1.54) is 97.1 Å². The van der Waals surface area contributed by atoms with Gasteiger partial charge in [0.05, 0.1) is 31.0 Å². The third kappa shape index (κ3) is 12.5. The molecule has 0 bridgehead atoms. The van der Waals surface area contributed by atoms with Gasteiger partial charge in [-0.1, -0.05) is 48.5 Å². The van der Waals surface area contributed by atoms with Gasteiger partial charge in [0.1, 0.15) is 51.9 Å². The minimum atomic E-state index is -5.38. The zero-order valence-electron chi connectivity index (χ0n) is 36.7. The van der Waals surface area contributed by atoms with Gasteiger partial charge >= 0.3 is 124 Å². The van der Waals surface area contributed by atoms with E-state index in [1.54, 1.807) is 0 Å². The molecule has 0 atom stereocenters. The maximum absolute atomic E-state index is 13.6. The van der Waals surface area contributed by atoms with Crippen LogP contribution in [-0.4, -0.2) is 80.9 Å². The van der Waals surface area contributed by atoms with Gasteiger partial charge in [-0.25, -0.2) is 38.5 Å². The molecule has 0 fully saturated rings. The minimum absolute atomic E-state index is 0. The van der Waals surface area contributed by atoms with E-state index in [9.17, 15) is 66.3 Å². The third-order valence-electron chi connectivity index (χ3n) is 10.00. The monoisotopic (exact) mass is 1060 g/mol. The second-order valence-corrected chi connectivity index (χ2v) is 19.5. The van der Waals surface area contributed by atoms with Crippen molar-refractivity contribution >= 4 is 126 Å². The van der Waals surface area contributed by atoms with E-state index in [-0.39, 0.29) is 185 Å². The van der Waals surface area contributed by atoms with Crippen LogP contribution in [-0.2, 0) is 40.5 Å². The van der Waals surface area contributed by atoms with Crippen molar-refractivity contribution in [3.63, 3.8) is 0 Å². The van der Waals surface area contributed by atoms with Crippen LogP contribution in [0.25, 0.3) is 33.7 Å². The molecule has 0 heterocycles. The molecule has 336 valence electrons. The number of amides is 2. The summed E-state index contributed by atoms with van der Waals surface area (Å²) in [5.74, 6) is -2.04. The summed E-state index contributed by atoms with van der Waals surface area (Å²) in [7, 11) is -20.6. The molecule has 2 aliphatic carbocycles. The molecule has 0 saturated carbocycles. The van der Waals surface area contributed by atoms with Crippen molar-refractivity contribution in [3.05, 3.63) is 141 Å². The van der Waals surface area contributed by atoms with E-state index in [0.29, 0.717) is 0 Å². The second kappa shape index (κ2) is 22.7. The third-order valence-corrected chi connectivity index (χ3v) is 13.5. The molecule has 8 rings (SSSR count). The van der Waals surface area contributed by atoms with Gasteiger partial charge in [-0.3, -0.25) is 20.4 Å². The molecule has 0 radical (unpaired) electrons. The minimum Gasteiger partial charge on any atom is -0.744 e. The van der Waals surface area contributed by atoms with Crippen molar-refractivity contribution in [2.45, 2.75) is 9.79 Å². The number of hydrogen-bond acceptors (Lipinski definition) is 19. The van der Waals surface area contributed by atoms with E-state index in [2.05, 4.69) is 31.7 Å². The first-order valence-corrected chi connectivity index (χ1v) is 24.1. The maximum atomic E-state index is 13.6. The Morgan fingerprint density at radius 1 is 0.443 bits per heavy atom. The number of nitrogens with one attached hydrogen (secondary N) is 4. The van der Waals surface area contributed by atoms with Crippen LogP contribution < -0.4 is 140 Å². The van der Waals surface area contributed by atoms with Crippen molar-refractivity contribution in [3.8, 4) is 0 Å². The van der Waals surface area contributed by atoms with Crippen LogP contribution >= 0.6 is 0 Å². The van der Waals surface area contributed by atoms with E-state index in [1.807, 2.05) is 0 Å². The number of ketones is 2.